The van der Waals surface area contributed by atoms with Crippen LogP contribution in [0.2, 0.25) is 0 Å². The SMILES string of the molecule is COCc1nc([C@H]2C[C@@H](c3ccccc3)N3CCC[C@H]23)no1. The Hall–Kier alpha value is -1.72. The summed E-state index contributed by atoms with van der Waals surface area (Å²) < 4.78 is 10.4. The van der Waals surface area contributed by atoms with Gasteiger partial charge in [-0.3, -0.25) is 4.90 Å². The molecular weight excluding hydrogens is 278 g/mol. The molecule has 0 aliphatic carbocycles. The average molecular weight is 299 g/mol. The number of methoxy groups -OCH3 is 1. The average Bonchev–Trinajstić information content (AvgIpc) is 3.24. The van der Waals surface area contributed by atoms with Gasteiger partial charge in [0, 0.05) is 25.1 Å². The van der Waals surface area contributed by atoms with Crippen LogP contribution in [0.3, 0.4) is 0 Å². The van der Waals surface area contributed by atoms with Gasteiger partial charge in [-0.15, -0.1) is 0 Å². The van der Waals surface area contributed by atoms with E-state index in [0.717, 1.165) is 12.2 Å². The van der Waals surface area contributed by atoms with E-state index in [0.29, 0.717) is 30.5 Å². The number of ether oxygens (including phenoxy) is 1. The zero-order chi connectivity index (χ0) is 14.9. The van der Waals surface area contributed by atoms with E-state index in [-0.39, 0.29) is 0 Å². The van der Waals surface area contributed by atoms with Crippen LogP contribution in [0.15, 0.2) is 34.9 Å². The van der Waals surface area contributed by atoms with Gasteiger partial charge >= 0.3 is 0 Å². The molecule has 1 aromatic carbocycles. The Morgan fingerprint density at radius 1 is 1.32 bits per heavy atom. The van der Waals surface area contributed by atoms with E-state index in [2.05, 4.69) is 45.4 Å². The highest BCUT2D eigenvalue weighted by Crippen LogP contribution is 2.48. The summed E-state index contributed by atoms with van der Waals surface area (Å²) in [7, 11) is 1.64. The molecule has 0 radical (unpaired) electrons. The van der Waals surface area contributed by atoms with Gasteiger partial charge in [0.05, 0.1) is 0 Å². The van der Waals surface area contributed by atoms with Crippen LogP contribution in [0.4, 0.5) is 0 Å². The summed E-state index contributed by atoms with van der Waals surface area (Å²) in [4.78, 5) is 7.17. The first-order chi connectivity index (χ1) is 10.9. The normalized spacial score (nSPS) is 28.1. The van der Waals surface area contributed by atoms with Crippen LogP contribution < -0.4 is 0 Å². The van der Waals surface area contributed by atoms with Crippen LogP contribution in [0.1, 0.15) is 48.5 Å². The Bertz CT molecular complexity index is 628. The van der Waals surface area contributed by atoms with E-state index in [1.807, 2.05) is 0 Å². The summed E-state index contributed by atoms with van der Waals surface area (Å²) in [5.74, 6) is 1.79. The van der Waals surface area contributed by atoms with Crippen LogP contribution in [0, 0.1) is 0 Å². The fourth-order valence-electron chi connectivity index (χ4n) is 4.05. The standard InChI is InChI=1S/C17H21N3O2/c1-21-11-16-18-17(19-22-16)13-10-15(12-6-3-2-4-7-12)20-9-5-8-14(13)20/h2-4,6-7,13-15H,5,8-11H2,1H3/t13-,14+,15-/m0/s1. The fraction of sp³-hybridized carbons (Fsp3) is 0.529. The summed E-state index contributed by atoms with van der Waals surface area (Å²) in [6.45, 7) is 1.56. The molecule has 5 heteroatoms. The Labute approximate surface area is 130 Å². The minimum Gasteiger partial charge on any atom is -0.375 e. The number of benzene rings is 1. The van der Waals surface area contributed by atoms with Gasteiger partial charge in [0.1, 0.15) is 6.61 Å². The molecule has 4 rings (SSSR count). The van der Waals surface area contributed by atoms with Crippen molar-refractivity contribution in [3.05, 3.63) is 47.6 Å². The third-order valence-electron chi connectivity index (χ3n) is 4.95. The van der Waals surface area contributed by atoms with E-state index in [4.69, 9.17) is 9.26 Å². The molecule has 0 unspecified atom stereocenters. The number of rotatable bonds is 4. The number of hydrogen-bond acceptors (Lipinski definition) is 5. The maximum absolute atomic E-state index is 5.30. The molecule has 2 saturated heterocycles. The summed E-state index contributed by atoms with van der Waals surface area (Å²) in [5, 5.41) is 4.21. The van der Waals surface area contributed by atoms with E-state index in [9.17, 15) is 0 Å². The van der Waals surface area contributed by atoms with Crippen LogP contribution >= 0.6 is 0 Å². The number of fused-ring (bicyclic) bond motifs is 1. The molecule has 2 aliphatic heterocycles. The molecule has 1 aromatic heterocycles. The number of nitrogens with zero attached hydrogens (tertiary/aromatic N) is 3. The quantitative estimate of drug-likeness (QED) is 0.869. The van der Waals surface area contributed by atoms with Crippen molar-refractivity contribution in [2.45, 2.75) is 43.9 Å². The van der Waals surface area contributed by atoms with E-state index in [1.165, 1.54) is 24.9 Å². The monoisotopic (exact) mass is 299 g/mol. The summed E-state index contributed by atoms with van der Waals surface area (Å²) in [5.41, 5.74) is 1.40. The fourth-order valence-corrected chi connectivity index (χ4v) is 4.05. The lowest BCUT2D eigenvalue weighted by molar-refractivity contribution is 0.151. The first kappa shape index (κ1) is 13.9. The molecule has 2 fully saturated rings. The Morgan fingerprint density at radius 2 is 2.18 bits per heavy atom. The third kappa shape index (κ3) is 2.34. The van der Waals surface area contributed by atoms with Gasteiger partial charge in [0.25, 0.3) is 5.89 Å². The zero-order valence-electron chi connectivity index (χ0n) is 12.8. The van der Waals surface area contributed by atoms with Crippen molar-refractivity contribution < 1.29 is 9.26 Å². The summed E-state index contributed by atoms with van der Waals surface area (Å²) in [6.07, 6.45) is 3.55. The van der Waals surface area contributed by atoms with Gasteiger partial charge in [-0.25, -0.2) is 0 Å². The highest BCUT2D eigenvalue weighted by atomic mass is 16.5. The summed E-state index contributed by atoms with van der Waals surface area (Å²) in [6, 6.07) is 11.8. The molecule has 3 heterocycles. The second kappa shape index (κ2) is 5.82. The lowest BCUT2D eigenvalue weighted by atomic mass is 9.94. The Balaban J connectivity index is 1.61. The number of hydrogen-bond donors (Lipinski definition) is 0. The second-order valence-electron chi connectivity index (χ2n) is 6.20. The highest BCUT2D eigenvalue weighted by molar-refractivity contribution is 5.24. The van der Waals surface area contributed by atoms with Crippen molar-refractivity contribution in [2.75, 3.05) is 13.7 Å². The minimum absolute atomic E-state index is 0.363. The van der Waals surface area contributed by atoms with Crippen molar-refractivity contribution in [3.63, 3.8) is 0 Å². The van der Waals surface area contributed by atoms with Crippen molar-refractivity contribution in [1.82, 2.24) is 15.0 Å². The minimum atomic E-state index is 0.363. The van der Waals surface area contributed by atoms with Crippen LogP contribution in [-0.4, -0.2) is 34.7 Å². The molecule has 3 atom stereocenters. The molecule has 0 saturated carbocycles. The molecule has 2 aromatic rings. The maximum Gasteiger partial charge on any atom is 0.252 e. The molecule has 22 heavy (non-hydrogen) atoms. The second-order valence-corrected chi connectivity index (χ2v) is 6.20. The van der Waals surface area contributed by atoms with E-state index in [1.54, 1.807) is 7.11 Å². The van der Waals surface area contributed by atoms with Crippen LogP contribution in [0.25, 0.3) is 0 Å². The van der Waals surface area contributed by atoms with Gasteiger partial charge in [-0.2, -0.15) is 4.98 Å². The topological polar surface area (TPSA) is 51.4 Å². The first-order valence-electron chi connectivity index (χ1n) is 7.99. The predicted octanol–water partition coefficient (Wildman–Crippen LogP) is 2.91. The Morgan fingerprint density at radius 3 is 3.00 bits per heavy atom. The van der Waals surface area contributed by atoms with E-state index < -0.39 is 0 Å². The number of aromatic nitrogens is 2. The highest BCUT2D eigenvalue weighted by Gasteiger charge is 2.46. The third-order valence-corrected chi connectivity index (χ3v) is 4.95. The largest absolute Gasteiger partial charge is 0.375 e. The molecule has 0 bridgehead atoms. The van der Waals surface area contributed by atoms with Crippen molar-refractivity contribution >= 4 is 0 Å². The van der Waals surface area contributed by atoms with Crippen LogP contribution in [0.5, 0.6) is 0 Å². The summed E-state index contributed by atoms with van der Waals surface area (Å²) >= 11 is 0. The molecule has 0 N–H and O–H groups in total. The lowest BCUT2D eigenvalue weighted by Gasteiger charge is -2.24. The van der Waals surface area contributed by atoms with Gasteiger partial charge in [0.2, 0.25) is 0 Å². The van der Waals surface area contributed by atoms with Gasteiger partial charge < -0.3 is 9.26 Å². The molecule has 0 spiro atoms. The van der Waals surface area contributed by atoms with Gasteiger partial charge in [-0.1, -0.05) is 35.5 Å². The zero-order valence-corrected chi connectivity index (χ0v) is 12.8. The molecule has 2 aliphatic rings. The Kier molecular flexibility index (Phi) is 3.68. The lowest BCUT2D eigenvalue weighted by Crippen LogP contribution is -2.27. The van der Waals surface area contributed by atoms with Crippen molar-refractivity contribution in [3.8, 4) is 0 Å². The van der Waals surface area contributed by atoms with Gasteiger partial charge in [-0.05, 0) is 31.4 Å². The predicted molar refractivity (Wildman–Crippen MR) is 81.3 cm³/mol. The molecular formula is C17H21N3O2. The van der Waals surface area contributed by atoms with Gasteiger partial charge in [0.15, 0.2) is 5.82 Å². The maximum atomic E-state index is 5.30. The van der Waals surface area contributed by atoms with Crippen molar-refractivity contribution in [2.24, 2.45) is 0 Å². The van der Waals surface area contributed by atoms with E-state index >= 15 is 0 Å². The molecule has 0 amide bonds. The molecule has 116 valence electrons. The first-order valence-corrected chi connectivity index (χ1v) is 7.99. The smallest absolute Gasteiger partial charge is 0.252 e. The van der Waals surface area contributed by atoms with Crippen molar-refractivity contribution in [1.29, 1.82) is 0 Å². The molecule has 5 nitrogen and oxygen atoms in total. The van der Waals surface area contributed by atoms with Crippen LogP contribution in [-0.2, 0) is 11.3 Å².